The number of nitrogens with one attached hydrogen (secondary N) is 2. The molecule has 0 atom stereocenters. The molecule has 1 aromatic heterocycles. The maximum atomic E-state index is 12.1. The molecule has 0 unspecified atom stereocenters. The summed E-state index contributed by atoms with van der Waals surface area (Å²) in [6.07, 6.45) is 6.79. The van der Waals surface area contributed by atoms with Gasteiger partial charge in [-0.3, -0.25) is 4.79 Å². The van der Waals surface area contributed by atoms with Crippen LogP contribution in [0, 0.1) is 0 Å². The zero-order valence-electron chi connectivity index (χ0n) is 11.9. The third-order valence-corrected chi connectivity index (χ3v) is 3.89. The average molecular weight is 277 g/mol. The number of aromatic nitrogens is 1. The minimum Gasteiger partial charge on any atom is -0.351 e. The second-order valence-electron chi connectivity index (χ2n) is 5.22. The molecule has 0 radical (unpaired) electrons. The molecular formula is C14H23N5O. The minimum atomic E-state index is -0.147. The van der Waals surface area contributed by atoms with Crippen molar-refractivity contribution in [3.05, 3.63) is 23.9 Å². The Balaban J connectivity index is 1.80. The van der Waals surface area contributed by atoms with Crippen LogP contribution in [0.3, 0.4) is 0 Å². The van der Waals surface area contributed by atoms with Crippen molar-refractivity contribution >= 4 is 11.7 Å². The number of pyridine rings is 1. The number of likely N-dealkylation sites (N-methyl/N-ethyl adjacent to an activating group) is 1. The predicted octanol–water partition coefficient (Wildman–Crippen LogP) is 0.971. The lowest BCUT2D eigenvalue weighted by Gasteiger charge is -2.23. The third kappa shape index (κ3) is 3.68. The lowest BCUT2D eigenvalue weighted by Crippen LogP contribution is -2.37. The van der Waals surface area contributed by atoms with E-state index in [1.54, 1.807) is 18.3 Å². The van der Waals surface area contributed by atoms with Crippen molar-refractivity contribution < 1.29 is 4.79 Å². The predicted molar refractivity (Wildman–Crippen MR) is 79.3 cm³/mol. The van der Waals surface area contributed by atoms with E-state index in [9.17, 15) is 4.79 Å². The first-order chi connectivity index (χ1) is 9.72. The molecule has 1 aromatic rings. The van der Waals surface area contributed by atoms with Gasteiger partial charge in [-0.05, 0) is 32.0 Å². The van der Waals surface area contributed by atoms with Gasteiger partial charge in [-0.1, -0.05) is 12.8 Å². The molecule has 0 aromatic carbocycles. The van der Waals surface area contributed by atoms with Gasteiger partial charge in [0.05, 0.1) is 5.56 Å². The van der Waals surface area contributed by atoms with Crippen molar-refractivity contribution in [3.8, 4) is 0 Å². The monoisotopic (exact) mass is 277 g/mol. The molecule has 1 amide bonds. The van der Waals surface area contributed by atoms with Crippen molar-refractivity contribution in [1.82, 2.24) is 15.2 Å². The molecule has 20 heavy (non-hydrogen) atoms. The highest BCUT2D eigenvalue weighted by Crippen LogP contribution is 2.21. The van der Waals surface area contributed by atoms with Crippen molar-refractivity contribution in [2.24, 2.45) is 5.84 Å². The van der Waals surface area contributed by atoms with Crippen molar-refractivity contribution in [1.29, 1.82) is 0 Å². The summed E-state index contributed by atoms with van der Waals surface area (Å²) in [5.74, 6) is 5.60. The summed E-state index contributed by atoms with van der Waals surface area (Å²) < 4.78 is 0. The summed E-state index contributed by atoms with van der Waals surface area (Å²) in [6, 6.07) is 4.10. The first-order valence-corrected chi connectivity index (χ1v) is 7.12. The first-order valence-electron chi connectivity index (χ1n) is 7.12. The average Bonchev–Trinajstić information content (AvgIpc) is 3.01. The topological polar surface area (TPSA) is 83.3 Å². The maximum Gasteiger partial charge on any atom is 0.255 e. The zero-order chi connectivity index (χ0) is 14.4. The molecule has 0 spiro atoms. The Labute approximate surface area is 119 Å². The number of nitrogen functional groups attached to an aromatic ring is 1. The van der Waals surface area contributed by atoms with Gasteiger partial charge in [0.1, 0.15) is 0 Å². The SMILES string of the molecule is CN(CCNC(=O)c1cccnc1NN)C1CCCC1. The van der Waals surface area contributed by atoms with Crippen LogP contribution in [-0.4, -0.2) is 42.0 Å². The number of hydrogen-bond donors (Lipinski definition) is 3. The Morgan fingerprint density at radius 3 is 2.95 bits per heavy atom. The van der Waals surface area contributed by atoms with Crippen LogP contribution in [-0.2, 0) is 0 Å². The normalized spacial score (nSPS) is 15.6. The van der Waals surface area contributed by atoms with Crippen LogP contribution in [0.5, 0.6) is 0 Å². The Kier molecular flexibility index (Phi) is 5.31. The second kappa shape index (κ2) is 7.21. The highest BCUT2D eigenvalue weighted by atomic mass is 16.1. The standard InChI is InChI=1S/C14H23N5O/c1-19(11-5-2-3-6-11)10-9-17-14(20)12-7-4-8-16-13(12)18-15/h4,7-8,11H,2-3,5-6,9-10,15H2,1H3,(H,16,18)(H,17,20). The molecule has 0 bridgehead atoms. The molecular weight excluding hydrogens is 254 g/mol. The fourth-order valence-corrected chi connectivity index (χ4v) is 2.67. The van der Waals surface area contributed by atoms with Gasteiger partial charge in [0.2, 0.25) is 0 Å². The first kappa shape index (κ1) is 14.7. The Morgan fingerprint density at radius 2 is 2.25 bits per heavy atom. The van der Waals surface area contributed by atoms with E-state index in [2.05, 4.69) is 27.7 Å². The van der Waals surface area contributed by atoms with E-state index in [0.29, 0.717) is 24.0 Å². The van der Waals surface area contributed by atoms with Crippen molar-refractivity contribution in [2.45, 2.75) is 31.7 Å². The Hall–Kier alpha value is -1.66. The van der Waals surface area contributed by atoms with Crippen LogP contribution in [0.4, 0.5) is 5.82 Å². The molecule has 4 N–H and O–H groups in total. The van der Waals surface area contributed by atoms with E-state index < -0.39 is 0 Å². The molecule has 0 aliphatic heterocycles. The molecule has 1 saturated carbocycles. The summed E-state index contributed by atoms with van der Waals surface area (Å²) in [7, 11) is 2.12. The summed E-state index contributed by atoms with van der Waals surface area (Å²) >= 11 is 0. The third-order valence-electron chi connectivity index (χ3n) is 3.89. The highest BCUT2D eigenvalue weighted by Gasteiger charge is 2.19. The number of amides is 1. The second-order valence-corrected chi connectivity index (χ2v) is 5.22. The van der Waals surface area contributed by atoms with Crippen molar-refractivity contribution in [3.63, 3.8) is 0 Å². The number of carbonyl (C=O) groups excluding carboxylic acids is 1. The molecule has 6 nitrogen and oxygen atoms in total. The number of carbonyl (C=O) groups is 1. The highest BCUT2D eigenvalue weighted by molar-refractivity contribution is 5.98. The molecule has 6 heteroatoms. The lowest BCUT2D eigenvalue weighted by molar-refractivity contribution is 0.0947. The number of anilines is 1. The minimum absolute atomic E-state index is 0.147. The smallest absolute Gasteiger partial charge is 0.255 e. The van der Waals surface area contributed by atoms with Gasteiger partial charge in [-0.2, -0.15) is 0 Å². The van der Waals surface area contributed by atoms with Crippen LogP contribution in [0.1, 0.15) is 36.0 Å². The lowest BCUT2D eigenvalue weighted by atomic mass is 10.2. The molecule has 1 heterocycles. The molecule has 1 fully saturated rings. The van der Waals surface area contributed by atoms with Crippen LogP contribution >= 0.6 is 0 Å². The number of nitrogens with two attached hydrogens (primary N) is 1. The van der Waals surface area contributed by atoms with Gasteiger partial charge in [-0.25, -0.2) is 10.8 Å². The van der Waals surface area contributed by atoms with Gasteiger partial charge < -0.3 is 15.6 Å². The van der Waals surface area contributed by atoms with E-state index in [1.165, 1.54) is 25.7 Å². The Morgan fingerprint density at radius 1 is 1.50 bits per heavy atom. The maximum absolute atomic E-state index is 12.1. The van der Waals surface area contributed by atoms with Gasteiger partial charge >= 0.3 is 0 Å². The van der Waals surface area contributed by atoms with Crippen LogP contribution in [0.15, 0.2) is 18.3 Å². The van der Waals surface area contributed by atoms with E-state index in [0.717, 1.165) is 6.54 Å². The van der Waals surface area contributed by atoms with Gasteiger partial charge in [-0.15, -0.1) is 0 Å². The number of nitrogens with zero attached hydrogens (tertiary/aromatic N) is 2. The van der Waals surface area contributed by atoms with Crippen LogP contribution in [0.25, 0.3) is 0 Å². The van der Waals surface area contributed by atoms with E-state index >= 15 is 0 Å². The van der Waals surface area contributed by atoms with Gasteiger partial charge in [0.15, 0.2) is 5.82 Å². The molecule has 1 aliphatic carbocycles. The van der Waals surface area contributed by atoms with E-state index in [4.69, 9.17) is 5.84 Å². The number of hydrogen-bond acceptors (Lipinski definition) is 5. The van der Waals surface area contributed by atoms with Crippen LogP contribution < -0.4 is 16.6 Å². The van der Waals surface area contributed by atoms with Crippen LogP contribution in [0.2, 0.25) is 0 Å². The fraction of sp³-hybridized carbons (Fsp3) is 0.571. The molecule has 2 rings (SSSR count). The van der Waals surface area contributed by atoms with Crippen molar-refractivity contribution in [2.75, 3.05) is 25.6 Å². The Bertz CT molecular complexity index is 445. The zero-order valence-corrected chi connectivity index (χ0v) is 11.9. The fourth-order valence-electron chi connectivity index (χ4n) is 2.67. The number of hydrazine groups is 1. The summed E-state index contributed by atoms with van der Waals surface area (Å²) in [6.45, 7) is 1.49. The van der Waals surface area contributed by atoms with Gasteiger partial charge in [0.25, 0.3) is 5.91 Å². The van der Waals surface area contributed by atoms with E-state index in [1.807, 2.05) is 0 Å². The molecule has 110 valence electrons. The summed E-state index contributed by atoms with van der Waals surface area (Å²) in [5, 5.41) is 2.91. The summed E-state index contributed by atoms with van der Waals surface area (Å²) in [5.41, 5.74) is 2.91. The molecule has 0 saturated heterocycles. The number of rotatable bonds is 6. The largest absolute Gasteiger partial charge is 0.351 e. The van der Waals surface area contributed by atoms with Gasteiger partial charge in [0, 0.05) is 25.3 Å². The molecule has 1 aliphatic rings. The summed E-state index contributed by atoms with van der Waals surface area (Å²) in [4.78, 5) is 18.4. The van der Waals surface area contributed by atoms with E-state index in [-0.39, 0.29) is 5.91 Å². The quantitative estimate of drug-likeness (QED) is 0.533.